The standard InChI is InChI=1S/C13H15FN2O4/c1-8-3-2-4-15(7-8)12-5-9(13(17)18)11(16(19)20)6-10(12)14/h5-6,8H,2-4,7H2,1H3,(H,17,18). The second kappa shape index (κ2) is 5.44. The Morgan fingerprint density at radius 2 is 2.25 bits per heavy atom. The van der Waals surface area contributed by atoms with E-state index >= 15 is 0 Å². The number of halogens is 1. The molecule has 0 amide bonds. The number of benzene rings is 1. The van der Waals surface area contributed by atoms with E-state index in [0.717, 1.165) is 18.9 Å². The Morgan fingerprint density at radius 3 is 2.80 bits per heavy atom. The lowest BCUT2D eigenvalue weighted by molar-refractivity contribution is -0.385. The molecule has 1 heterocycles. The predicted molar refractivity (Wildman–Crippen MR) is 70.6 cm³/mol. The zero-order valence-electron chi connectivity index (χ0n) is 11.0. The van der Waals surface area contributed by atoms with Crippen molar-refractivity contribution in [3.05, 3.63) is 33.6 Å². The Balaban J connectivity index is 2.46. The van der Waals surface area contributed by atoms with Gasteiger partial charge in [-0.15, -0.1) is 0 Å². The van der Waals surface area contributed by atoms with Crippen molar-refractivity contribution in [2.45, 2.75) is 19.8 Å². The van der Waals surface area contributed by atoms with E-state index in [1.54, 1.807) is 4.90 Å². The first-order valence-corrected chi connectivity index (χ1v) is 6.36. The lowest BCUT2D eigenvalue weighted by Crippen LogP contribution is -2.35. The predicted octanol–water partition coefficient (Wildman–Crippen LogP) is 2.67. The number of piperidine rings is 1. The number of anilines is 1. The Kier molecular flexibility index (Phi) is 3.87. The van der Waals surface area contributed by atoms with Crippen LogP contribution >= 0.6 is 0 Å². The Bertz CT molecular complexity index is 562. The Labute approximate surface area is 115 Å². The van der Waals surface area contributed by atoms with Crippen LogP contribution in [-0.4, -0.2) is 29.1 Å². The summed E-state index contributed by atoms with van der Waals surface area (Å²) in [7, 11) is 0. The normalized spacial score (nSPS) is 18.9. The van der Waals surface area contributed by atoms with Crippen LogP contribution in [0.1, 0.15) is 30.1 Å². The summed E-state index contributed by atoms with van der Waals surface area (Å²) in [4.78, 5) is 22.7. The molecule has 0 aliphatic carbocycles. The first kappa shape index (κ1) is 14.2. The minimum Gasteiger partial charge on any atom is -0.477 e. The van der Waals surface area contributed by atoms with Crippen LogP contribution in [0.25, 0.3) is 0 Å². The topological polar surface area (TPSA) is 83.7 Å². The van der Waals surface area contributed by atoms with Gasteiger partial charge in [0.25, 0.3) is 5.69 Å². The smallest absolute Gasteiger partial charge is 0.342 e. The summed E-state index contributed by atoms with van der Waals surface area (Å²) in [6, 6.07) is 1.76. The maximum Gasteiger partial charge on any atom is 0.342 e. The van der Waals surface area contributed by atoms with Gasteiger partial charge in [0.05, 0.1) is 16.7 Å². The molecule has 0 radical (unpaired) electrons. The highest BCUT2D eigenvalue weighted by molar-refractivity contribution is 5.93. The molecule has 1 aliphatic heterocycles. The van der Waals surface area contributed by atoms with Crippen LogP contribution in [-0.2, 0) is 0 Å². The van der Waals surface area contributed by atoms with Crippen LogP contribution in [0.15, 0.2) is 12.1 Å². The molecule has 20 heavy (non-hydrogen) atoms. The molecular formula is C13H15FN2O4. The lowest BCUT2D eigenvalue weighted by Gasteiger charge is -2.33. The van der Waals surface area contributed by atoms with Crippen LogP contribution in [0.3, 0.4) is 0 Å². The molecule has 1 atom stereocenters. The second-order valence-corrected chi connectivity index (χ2v) is 5.08. The van der Waals surface area contributed by atoms with E-state index in [0.29, 0.717) is 25.1 Å². The summed E-state index contributed by atoms with van der Waals surface area (Å²) >= 11 is 0. The fourth-order valence-corrected chi connectivity index (χ4v) is 2.52. The molecule has 2 rings (SSSR count). The maximum absolute atomic E-state index is 14.0. The Hall–Kier alpha value is -2.18. The number of carboxylic acid groups (broad SMARTS) is 1. The molecule has 1 N–H and O–H groups in total. The van der Waals surface area contributed by atoms with Gasteiger partial charge in [-0.1, -0.05) is 6.92 Å². The molecule has 0 saturated carbocycles. The fourth-order valence-electron chi connectivity index (χ4n) is 2.52. The first-order valence-electron chi connectivity index (χ1n) is 6.36. The zero-order valence-corrected chi connectivity index (χ0v) is 11.0. The van der Waals surface area contributed by atoms with E-state index in [1.807, 2.05) is 6.92 Å². The third-order valence-electron chi connectivity index (χ3n) is 3.49. The third-order valence-corrected chi connectivity index (χ3v) is 3.49. The van der Waals surface area contributed by atoms with Crippen molar-refractivity contribution in [2.24, 2.45) is 5.92 Å². The molecule has 6 nitrogen and oxygen atoms in total. The number of hydrogen-bond acceptors (Lipinski definition) is 4. The summed E-state index contributed by atoms with van der Waals surface area (Å²) in [5.41, 5.74) is -1.08. The molecule has 1 fully saturated rings. The van der Waals surface area contributed by atoms with E-state index in [4.69, 9.17) is 5.11 Å². The van der Waals surface area contributed by atoms with Gasteiger partial charge in [-0.25, -0.2) is 9.18 Å². The largest absolute Gasteiger partial charge is 0.477 e. The monoisotopic (exact) mass is 282 g/mol. The van der Waals surface area contributed by atoms with Gasteiger partial charge in [-0.3, -0.25) is 10.1 Å². The van der Waals surface area contributed by atoms with Gasteiger partial charge in [0, 0.05) is 13.1 Å². The highest BCUT2D eigenvalue weighted by Crippen LogP contribution is 2.31. The van der Waals surface area contributed by atoms with E-state index < -0.39 is 28.0 Å². The fraction of sp³-hybridized carbons (Fsp3) is 0.462. The molecule has 1 unspecified atom stereocenters. The highest BCUT2D eigenvalue weighted by atomic mass is 19.1. The molecule has 0 aromatic heterocycles. The van der Waals surface area contributed by atoms with Gasteiger partial charge < -0.3 is 10.0 Å². The molecule has 7 heteroatoms. The van der Waals surface area contributed by atoms with Crippen LogP contribution in [0, 0.1) is 21.8 Å². The summed E-state index contributed by atoms with van der Waals surface area (Å²) < 4.78 is 14.0. The van der Waals surface area contributed by atoms with Gasteiger partial charge in [0.2, 0.25) is 0 Å². The van der Waals surface area contributed by atoms with Gasteiger partial charge in [-0.2, -0.15) is 0 Å². The molecule has 1 aliphatic rings. The minimum atomic E-state index is -1.43. The number of aromatic carboxylic acids is 1. The van der Waals surface area contributed by atoms with Gasteiger partial charge in [0.1, 0.15) is 5.56 Å². The lowest BCUT2D eigenvalue weighted by atomic mass is 9.99. The molecule has 0 spiro atoms. The number of carbonyl (C=O) groups is 1. The van der Waals surface area contributed by atoms with E-state index in [2.05, 4.69) is 0 Å². The minimum absolute atomic E-state index is 0.125. The van der Waals surface area contributed by atoms with E-state index in [1.165, 1.54) is 0 Å². The number of nitro groups is 1. The number of hydrogen-bond donors (Lipinski definition) is 1. The van der Waals surface area contributed by atoms with Crippen molar-refractivity contribution in [1.82, 2.24) is 0 Å². The Morgan fingerprint density at radius 1 is 1.55 bits per heavy atom. The van der Waals surface area contributed by atoms with Crippen molar-refractivity contribution in [1.29, 1.82) is 0 Å². The molecular weight excluding hydrogens is 267 g/mol. The van der Waals surface area contributed by atoms with Crippen molar-refractivity contribution in [3.63, 3.8) is 0 Å². The number of nitrogens with zero attached hydrogens (tertiary/aromatic N) is 2. The highest BCUT2D eigenvalue weighted by Gasteiger charge is 2.27. The van der Waals surface area contributed by atoms with Crippen LogP contribution in [0.5, 0.6) is 0 Å². The molecule has 1 aromatic rings. The van der Waals surface area contributed by atoms with E-state index in [-0.39, 0.29) is 5.69 Å². The SMILES string of the molecule is CC1CCCN(c2cc(C(=O)O)c([N+](=O)[O-])cc2F)C1. The quantitative estimate of drug-likeness (QED) is 0.680. The third kappa shape index (κ3) is 2.71. The summed E-state index contributed by atoms with van der Waals surface area (Å²) in [5.74, 6) is -1.80. The number of nitro benzene ring substituents is 1. The zero-order chi connectivity index (χ0) is 14.9. The average molecular weight is 282 g/mol. The van der Waals surface area contributed by atoms with E-state index in [9.17, 15) is 19.3 Å². The van der Waals surface area contributed by atoms with Gasteiger partial charge >= 0.3 is 5.97 Å². The molecule has 108 valence electrons. The number of rotatable bonds is 3. The summed E-state index contributed by atoms with van der Waals surface area (Å²) in [5, 5.41) is 19.8. The van der Waals surface area contributed by atoms with Crippen LogP contribution in [0.2, 0.25) is 0 Å². The average Bonchev–Trinajstić information content (AvgIpc) is 2.37. The summed E-state index contributed by atoms with van der Waals surface area (Å²) in [6.07, 6.45) is 1.93. The van der Waals surface area contributed by atoms with Crippen molar-refractivity contribution in [2.75, 3.05) is 18.0 Å². The molecule has 1 aromatic carbocycles. The van der Waals surface area contributed by atoms with Crippen LogP contribution < -0.4 is 4.90 Å². The maximum atomic E-state index is 14.0. The summed E-state index contributed by atoms with van der Waals surface area (Å²) in [6.45, 7) is 3.28. The molecule has 1 saturated heterocycles. The van der Waals surface area contributed by atoms with Gasteiger partial charge in [-0.05, 0) is 24.8 Å². The first-order chi connectivity index (χ1) is 9.40. The van der Waals surface area contributed by atoms with Crippen molar-refractivity contribution >= 4 is 17.3 Å². The van der Waals surface area contributed by atoms with Crippen molar-refractivity contribution in [3.8, 4) is 0 Å². The van der Waals surface area contributed by atoms with Gasteiger partial charge in [0.15, 0.2) is 5.82 Å². The second-order valence-electron chi connectivity index (χ2n) is 5.08. The number of carboxylic acids is 1. The van der Waals surface area contributed by atoms with Crippen molar-refractivity contribution < 1.29 is 19.2 Å². The molecule has 0 bridgehead atoms. The van der Waals surface area contributed by atoms with Crippen LogP contribution in [0.4, 0.5) is 15.8 Å².